The van der Waals surface area contributed by atoms with Crippen molar-refractivity contribution in [3.63, 3.8) is 0 Å². The van der Waals surface area contributed by atoms with E-state index in [9.17, 15) is 14.8 Å². The molecule has 0 spiro atoms. The van der Waals surface area contributed by atoms with Crippen molar-refractivity contribution in [2.75, 3.05) is 13.8 Å². The number of rotatable bonds is 5. The number of nitrogens with zero attached hydrogens (tertiary/aromatic N) is 1. The van der Waals surface area contributed by atoms with E-state index in [0.717, 1.165) is 6.21 Å². The molecule has 2 aromatic rings. The third-order valence-electron chi connectivity index (χ3n) is 4.46. The summed E-state index contributed by atoms with van der Waals surface area (Å²) in [6.07, 6.45) is 2.78. The topological polar surface area (TPSA) is 106 Å². The first-order valence-corrected chi connectivity index (χ1v) is 9.40. The number of nitrogens with one attached hydrogen (secondary N) is 2. The molecule has 150 valence electrons. The number of benzene rings is 2. The average molecular weight is 434 g/mol. The van der Waals surface area contributed by atoms with E-state index in [0.29, 0.717) is 22.4 Å². The summed E-state index contributed by atoms with van der Waals surface area (Å²) in [6, 6.07) is 8.10. The van der Waals surface area contributed by atoms with E-state index in [-0.39, 0.29) is 34.3 Å². The molecule has 7 nitrogen and oxygen atoms in total. The lowest BCUT2D eigenvalue weighted by Crippen LogP contribution is -2.41. The van der Waals surface area contributed by atoms with Crippen LogP contribution in [-0.4, -0.2) is 48.0 Å². The van der Waals surface area contributed by atoms with Crippen LogP contribution in [0.25, 0.3) is 5.57 Å². The SMILES string of the molecule is CN/C=C(\C=N)c1cc(Cl)c(C(=O)N2COc3c(cccc3B(O)O)C2)c(Cl)c1. The summed E-state index contributed by atoms with van der Waals surface area (Å²) >= 11 is 12.7. The molecule has 10 heteroatoms. The monoisotopic (exact) mass is 433 g/mol. The lowest BCUT2D eigenvalue weighted by Gasteiger charge is -2.30. The van der Waals surface area contributed by atoms with Gasteiger partial charge in [-0.25, -0.2) is 0 Å². The second-order valence-electron chi connectivity index (χ2n) is 6.33. The predicted octanol–water partition coefficient (Wildman–Crippen LogP) is 1.88. The Bertz CT molecular complexity index is 974. The molecule has 0 aromatic heterocycles. The van der Waals surface area contributed by atoms with E-state index in [4.69, 9.17) is 33.3 Å². The molecule has 0 saturated heterocycles. The molecule has 29 heavy (non-hydrogen) atoms. The van der Waals surface area contributed by atoms with Crippen LogP contribution in [0, 0.1) is 5.41 Å². The van der Waals surface area contributed by atoms with Crippen LogP contribution in [0.2, 0.25) is 10.0 Å². The third kappa shape index (κ3) is 4.25. The van der Waals surface area contributed by atoms with E-state index in [1.165, 1.54) is 4.90 Å². The molecule has 4 N–H and O–H groups in total. The summed E-state index contributed by atoms with van der Waals surface area (Å²) in [5.41, 5.74) is 2.17. The van der Waals surface area contributed by atoms with E-state index >= 15 is 0 Å². The van der Waals surface area contributed by atoms with Gasteiger partial charge in [0.2, 0.25) is 0 Å². The molecule has 1 aliphatic rings. The van der Waals surface area contributed by atoms with E-state index in [1.807, 2.05) is 0 Å². The Hall–Kier alpha value is -2.52. The van der Waals surface area contributed by atoms with E-state index < -0.39 is 13.0 Å². The van der Waals surface area contributed by atoms with Gasteiger partial charge in [-0.05, 0) is 17.7 Å². The van der Waals surface area contributed by atoms with Crippen molar-refractivity contribution >= 4 is 53.5 Å². The molecule has 1 heterocycles. The zero-order chi connectivity index (χ0) is 21.1. The van der Waals surface area contributed by atoms with Gasteiger partial charge in [0.25, 0.3) is 5.91 Å². The average Bonchev–Trinajstić information content (AvgIpc) is 2.70. The second kappa shape index (κ2) is 8.88. The number of hydrogen-bond donors (Lipinski definition) is 4. The van der Waals surface area contributed by atoms with Crippen LogP contribution >= 0.6 is 23.2 Å². The van der Waals surface area contributed by atoms with Crippen molar-refractivity contribution in [3.05, 3.63) is 63.3 Å². The Labute approximate surface area is 178 Å². The maximum atomic E-state index is 13.1. The number of carbonyl (C=O) groups excluding carboxylic acids is 1. The fourth-order valence-corrected chi connectivity index (χ4v) is 3.75. The maximum absolute atomic E-state index is 13.1. The lowest BCUT2D eigenvalue weighted by atomic mass is 9.78. The fraction of sp³-hybridized carbons (Fsp3) is 0.158. The summed E-state index contributed by atoms with van der Waals surface area (Å²) in [5, 5.41) is 29.6. The van der Waals surface area contributed by atoms with E-state index in [1.54, 1.807) is 43.6 Å². The van der Waals surface area contributed by atoms with Crippen LogP contribution in [-0.2, 0) is 6.54 Å². The molecule has 2 aromatic carbocycles. The fourth-order valence-electron chi connectivity index (χ4n) is 3.10. The molecule has 0 unspecified atom stereocenters. The van der Waals surface area contributed by atoms with Crippen molar-refractivity contribution < 1.29 is 19.6 Å². The minimum atomic E-state index is -1.67. The van der Waals surface area contributed by atoms with Crippen LogP contribution in [0.1, 0.15) is 21.5 Å². The first-order chi connectivity index (χ1) is 13.9. The van der Waals surface area contributed by atoms with Gasteiger partial charge in [0, 0.05) is 36.1 Å². The number of amides is 1. The molecule has 1 aliphatic heterocycles. The highest BCUT2D eigenvalue weighted by Gasteiger charge is 2.29. The normalized spacial score (nSPS) is 13.4. The Morgan fingerprint density at radius 3 is 2.59 bits per heavy atom. The predicted molar refractivity (Wildman–Crippen MR) is 114 cm³/mol. The Balaban J connectivity index is 1.91. The van der Waals surface area contributed by atoms with Crippen LogP contribution in [0.15, 0.2) is 36.5 Å². The number of halogens is 2. The highest BCUT2D eigenvalue weighted by Crippen LogP contribution is 2.32. The van der Waals surface area contributed by atoms with Crippen molar-refractivity contribution in [1.82, 2.24) is 10.2 Å². The number of ether oxygens (including phenoxy) is 1. The maximum Gasteiger partial charge on any atom is 0.492 e. The van der Waals surface area contributed by atoms with Gasteiger partial charge in [0.1, 0.15) is 5.75 Å². The van der Waals surface area contributed by atoms with Gasteiger partial charge in [0.15, 0.2) is 6.73 Å². The largest absolute Gasteiger partial charge is 0.492 e. The van der Waals surface area contributed by atoms with Gasteiger partial charge in [-0.2, -0.15) is 0 Å². The molecular weight excluding hydrogens is 416 g/mol. The quantitative estimate of drug-likeness (QED) is 0.425. The molecule has 0 saturated carbocycles. The van der Waals surface area contributed by atoms with Gasteiger partial charge in [-0.15, -0.1) is 0 Å². The molecule has 0 bridgehead atoms. The number of fused-ring (bicyclic) bond motifs is 1. The van der Waals surface area contributed by atoms with E-state index in [2.05, 4.69) is 5.32 Å². The lowest BCUT2D eigenvalue weighted by molar-refractivity contribution is 0.0517. The van der Waals surface area contributed by atoms with Gasteiger partial charge in [-0.1, -0.05) is 41.4 Å². The molecule has 0 fully saturated rings. The molecular formula is C19H18BCl2N3O4. The summed E-state index contributed by atoms with van der Waals surface area (Å²) in [6.45, 7) is 0.115. The van der Waals surface area contributed by atoms with Gasteiger partial charge < -0.3 is 30.4 Å². The Morgan fingerprint density at radius 1 is 1.31 bits per heavy atom. The van der Waals surface area contributed by atoms with Crippen molar-refractivity contribution in [1.29, 1.82) is 5.41 Å². The molecule has 0 atom stereocenters. The number of hydrogen-bond acceptors (Lipinski definition) is 6. The highest BCUT2D eigenvalue weighted by atomic mass is 35.5. The number of allylic oxidation sites excluding steroid dienone is 1. The van der Waals surface area contributed by atoms with Gasteiger partial charge in [-0.3, -0.25) is 4.79 Å². The number of para-hydroxylation sites is 1. The van der Waals surface area contributed by atoms with Gasteiger partial charge >= 0.3 is 7.12 Å². The smallest absolute Gasteiger partial charge is 0.473 e. The first kappa shape index (κ1) is 21.2. The minimum Gasteiger partial charge on any atom is -0.473 e. The summed E-state index contributed by atoms with van der Waals surface area (Å²) in [5.74, 6) is -0.0620. The molecule has 3 rings (SSSR count). The Morgan fingerprint density at radius 2 is 2.00 bits per heavy atom. The molecule has 0 radical (unpaired) electrons. The third-order valence-corrected chi connectivity index (χ3v) is 5.06. The van der Waals surface area contributed by atoms with Crippen LogP contribution in [0.5, 0.6) is 5.75 Å². The second-order valence-corrected chi connectivity index (χ2v) is 7.15. The molecule has 1 amide bonds. The number of carbonyl (C=O) groups is 1. The van der Waals surface area contributed by atoms with Crippen LogP contribution in [0.4, 0.5) is 0 Å². The van der Waals surface area contributed by atoms with Crippen LogP contribution < -0.4 is 15.5 Å². The van der Waals surface area contributed by atoms with Crippen molar-refractivity contribution in [2.24, 2.45) is 0 Å². The standard InChI is InChI=1S/C19H18BCl2N3O4/c1-24-8-13(7-23)12-5-15(21)17(16(22)6-12)19(26)25-9-11-3-2-4-14(20(27)28)18(11)29-10-25/h2-8,23-24,27-28H,9-10H2,1H3/b13-8+,23-7?. The zero-order valence-corrected chi connectivity index (χ0v) is 17.0. The zero-order valence-electron chi connectivity index (χ0n) is 15.4. The highest BCUT2D eigenvalue weighted by molar-refractivity contribution is 6.59. The minimum absolute atomic E-state index is 0.0879. The van der Waals surface area contributed by atoms with Gasteiger partial charge in [0.05, 0.1) is 22.2 Å². The summed E-state index contributed by atoms with van der Waals surface area (Å²) < 4.78 is 5.61. The Kier molecular flexibility index (Phi) is 6.49. The van der Waals surface area contributed by atoms with Crippen molar-refractivity contribution in [2.45, 2.75) is 6.54 Å². The summed E-state index contributed by atoms with van der Waals surface area (Å²) in [4.78, 5) is 14.5. The summed E-state index contributed by atoms with van der Waals surface area (Å²) in [7, 11) is 0.0392. The molecule has 0 aliphatic carbocycles. The van der Waals surface area contributed by atoms with Crippen LogP contribution in [0.3, 0.4) is 0 Å². The van der Waals surface area contributed by atoms with Crippen molar-refractivity contribution in [3.8, 4) is 5.75 Å². The first-order valence-electron chi connectivity index (χ1n) is 8.64.